The van der Waals surface area contributed by atoms with Gasteiger partial charge in [-0.1, -0.05) is 45.4 Å². The SMILES string of the molecule is CCCCCC(=O)CCC1CCCC1. The fraction of sp³-hybridized carbons (Fsp3) is 0.923. The van der Waals surface area contributed by atoms with Crippen LogP contribution in [0.4, 0.5) is 0 Å². The van der Waals surface area contributed by atoms with E-state index in [0.717, 1.165) is 25.2 Å². The van der Waals surface area contributed by atoms with E-state index < -0.39 is 0 Å². The van der Waals surface area contributed by atoms with Gasteiger partial charge in [0, 0.05) is 12.8 Å². The summed E-state index contributed by atoms with van der Waals surface area (Å²) in [5.74, 6) is 1.38. The average Bonchev–Trinajstić information content (AvgIpc) is 2.68. The van der Waals surface area contributed by atoms with E-state index in [9.17, 15) is 4.79 Å². The molecule has 0 saturated heterocycles. The fourth-order valence-corrected chi connectivity index (χ4v) is 2.36. The second-order valence-corrected chi connectivity index (χ2v) is 4.68. The Morgan fingerprint density at radius 1 is 1.14 bits per heavy atom. The molecule has 0 radical (unpaired) electrons. The quantitative estimate of drug-likeness (QED) is 0.560. The van der Waals surface area contributed by atoms with E-state index >= 15 is 0 Å². The van der Waals surface area contributed by atoms with Gasteiger partial charge in [-0.05, 0) is 18.8 Å². The topological polar surface area (TPSA) is 17.1 Å². The summed E-state index contributed by atoms with van der Waals surface area (Å²) in [4.78, 5) is 11.5. The Hall–Kier alpha value is -0.330. The molecule has 1 saturated carbocycles. The lowest BCUT2D eigenvalue weighted by molar-refractivity contribution is -0.119. The van der Waals surface area contributed by atoms with Crippen LogP contribution in [0.5, 0.6) is 0 Å². The summed E-state index contributed by atoms with van der Waals surface area (Å²) in [5.41, 5.74) is 0. The predicted octanol–water partition coefficient (Wildman–Crippen LogP) is 4.11. The minimum atomic E-state index is 0.505. The average molecular weight is 196 g/mol. The molecule has 1 aliphatic rings. The molecule has 0 aliphatic heterocycles. The van der Waals surface area contributed by atoms with Gasteiger partial charge in [0.05, 0.1) is 0 Å². The first-order valence-electron chi connectivity index (χ1n) is 6.34. The minimum Gasteiger partial charge on any atom is -0.300 e. The second kappa shape index (κ2) is 7.03. The van der Waals surface area contributed by atoms with Crippen LogP contribution >= 0.6 is 0 Å². The summed E-state index contributed by atoms with van der Waals surface area (Å²) in [6.45, 7) is 2.18. The Morgan fingerprint density at radius 2 is 1.86 bits per heavy atom. The lowest BCUT2D eigenvalue weighted by Crippen LogP contribution is -2.02. The number of unbranched alkanes of at least 4 members (excludes halogenated alkanes) is 2. The third-order valence-electron chi connectivity index (χ3n) is 3.37. The van der Waals surface area contributed by atoms with E-state index in [1.807, 2.05) is 0 Å². The van der Waals surface area contributed by atoms with Crippen molar-refractivity contribution in [2.75, 3.05) is 0 Å². The molecule has 0 unspecified atom stereocenters. The monoisotopic (exact) mass is 196 g/mol. The fourth-order valence-electron chi connectivity index (χ4n) is 2.36. The molecule has 0 atom stereocenters. The summed E-state index contributed by atoms with van der Waals surface area (Å²) in [6, 6.07) is 0. The summed E-state index contributed by atoms with van der Waals surface area (Å²) in [5, 5.41) is 0. The highest BCUT2D eigenvalue weighted by Gasteiger charge is 2.15. The summed E-state index contributed by atoms with van der Waals surface area (Å²) < 4.78 is 0. The molecule has 1 rings (SSSR count). The molecule has 0 aromatic carbocycles. The molecule has 1 fully saturated rings. The van der Waals surface area contributed by atoms with Crippen LogP contribution in [0.3, 0.4) is 0 Å². The van der Waals surface area contributed by atoms with Crippen molar-refractivity contribution >= 4 is 5.78 Å². The molecule has 14 heavy (non-hydrogen) atoms. The van der Waals surface area contributed by atoms with Crippen molar-refractivity contribution in [2.45, 2.75) is 71.1 Å². The molecule has 0 aromatic rings. The van der Waals surface area contributed by atoms with E-state index in [0.29, 0.717) is 5.78 Å². The van der Waals surface area contributed by atoms with Gasteiger partial charge in [0.1, 0.15) is 5.78 Å². The Kier molecular flexibility index (Phi) is 5.89. The van der Waals surface area contributed by atoms with E-state index in [2.05, 4.69) is 6.92 Å². The van der Waals surface area contributed by atoms with Crippen LogP contribution in [0, 0.1) is 5.92 Å². The number of rotatable bonds is 7. The maximum atomic E-state index is 11.5. The van der Waals surface area contributed by atoms with E-state index in [-0.39, 0.29) is 0 Å². The zero-order valence-electron chi connectivity index (χ0n) is 9.56. The van der Waals surface area contributed by atoms with Crippen molar-refractivity contribution < 1.29 is 4.79 Å². The maximum absolute atomic E-state index is 11.5. The Labute approximate surface area is 88.3 Å². The maximum Gasteiger partial charge on any atom is 0.132 e. The predicted molar refractivity (Wildman–Crippen MR) is 60.3 cm³/mol. The minimum absolute atomic E-state index is 0.505. The van der Waals surface area contributed by atoms with E-state index in [4.69, 9.17) is 0 Å². The Morgan fingerprint density at radius 3 is 2.50 bits per heavy atom. The standard InChI is InChI=1S/C13H24O/c1-2-3-4-9-13(14)11-10-12-7-5-6-8-12/h12H,2-11H2,1H3. The first-order valence-corrected chi connectivity index (χ1v) is 6.34. The van der Waals surface area contributed by atoms with Crippen molar-refractivity contribution in [3.8, 4) is 0 Å². The highest BCUT2D eigenvalue weighted by atomic mass is 16.1. The summed E-state index contributed by atoms with van der Waals surface area (Å²) in [6.07, 6.45) is 12.0. The molecule has 0 amide bonds. The number of Topliss-reactive ketones (excluding diaryl/α,β-unsaturated/α-hetero) is 1. The van der Waals surface area contributed by atoms with Gasteiger partial charge in [0.25, 0.3) is 0 Å². The molecule has 0 bridgehead atoms. The van der Waals surface area contributed by atoms with Gasteiger partial charge in [-0.15, -0.1) is 0 Å². The van der Waals surface area contributed by atoms with Crippen LogP contribution in [0.25, 0.3) is 0 Å². The summed E-state index contributed by atoms with van der Waals surface area (Å²) in [7, 11) is 0. The van der Waals surface area contributed by atoms with Crippen LogP contribution in [0.15, 0.2) is 0 Å². The number of ketones is 1. The van der Waals surface area contributed by atoms with Crippen molar-refractivity contribution in [1.82, 2.24) is 0 Å². The van der Waals surface area contributed by atoms with Crippen molar-refractivity contribution in [3.63, 3.8) is 0 Å². The van der Waals surface area contributed by atoms with Gasteiger partial charge in [0.2, 0.25) is 0 Å². The molecule has 1 heteroatoms. The van der Waals surface area contributed by atoms with Gasteiger partial charge in [-0.3, -0.25) is 4.79 Å². The van der Waals surface area contributed by atoms with Crippen molar-refractivity contribution in [1.29, 1.82) is 0 Å². The van der Waals surface area contributed by atoms with Gasteiger partial charge < -0.3 is 0 Å². The number of hydrogen-bond acceptors (Lipinski definition) is 1. The normalized spacial score (nSPS) is 17.5. The highest BCUT2D eigenvalue weighted by Crippen LogP contribution is 2.28. The van der Waals surface area contributed by atoms with E-state index in [1.165, 1.54) is 44.9 Å². The number of carbonyl (C=O) groups is 1. The third-order valence-corrected chi connectivity index (χ3v) is 3.37. The third kappa shape index (κ3) is 4.78. The first kappa shape index (κ1) is 11.7. The molecule has 0 spiro atoms. The number of hydrogen-bond donors (Lipinski definition) is 0. The summed E-state index contributed by atoms with van der Waals surface area (Å²) >= 11 is 0. The van der Waals surface area contributed by atoms with Crippen LogP contribution in [-0.4, -0.2) is 5.78 Å². The molecule has 1 aliphatic carbocycles. The molecular weight excluding hydrogens is 172 g/mol. The largest absolute Gasteiger partial charge is 0.300 e. The highest BCUT2D eigenvalue weighted by molar-refractivity contribution is 5.78. The molecule has 82 valence electrons. The van der Waals surface area contributed by atoms with Crippen LogP contribution in [0.2, 0.25) is 0 Å². The van der Waals surface area contributed by atoms with Gasteiger partial charge in [0.15, 0.2) is 0 Å². The van der Waals surface area contributed by atoms with Crippen LogP contribution < -0.4 is 0 Å². The number of carbonyl (C=O) groups excluding carboxylic acids is 1. The van der Waals surface area contributed by atoms with E-state index in [1.54, 1.807) is 0 Å². The lowest BCUT2D eigenvalue weighted by atomic mass is 9.98. The molecule has 0 N–H and O–H groups in total. The Bertz CT molecular complexity index is 157. The Balaban J connectivity index is 1.96. The van der Waals surface area contributed by atoms with Crippen molar-refractivity contribution in [2.24, 2.45) is 5.92 Å². The first-order chi connectivity index (χ1) is 6.83. The van der Waals surface area contributed by atoms with Crippen molar-refractivity contribution in [3.05, 3.63) is 0 Å². The molecular formula is C13H24O. The van der Waals surface area contributed by atoms with Gasteiger partial charge >= 0.3 is 0 Å². The van der Waals surface area contributed by atoms with Crippen LogP contribution in [0.1, 0.15) is 71.1 Å². The zero-order chi connectivity index (χ0) is 10.2. The van der Waals surface area contributed by atoms with Gasteiger partial charge in [-0.2, -0.15) is 0 Å². The smallest absolute Gasteiger partial charge is 0.132 e. The molecule has 0 heterocycles. The van der Waals surface area contributed by atoms with Crippen LogP contribution in [-0.2, 0) is 4.79 Å². The molecule has 1 nitrogen and oxygen atoms in total. The van der Waals surface area contributed by atoms with Gasteiger partial charge in [-0.25, -0.2) is 0 Å². The zero-order valence-corrected chi connectivity index (χ0v) is 9.56. The second-order valence-electron chi connectivity index (χ2n) is 4.68. The molecule has 0 aromatic heterocycles. The lowest BCUT2D eigenvalue weighted by Gasteiger charge is -2.07.